The van der Waals surface area contributed by atoms with Crippen LogP contribution in [0.5, 0.6) is 0 Å². The maximum atomic E-state index is 6.80. The van der Waals surface area contributed by atoms with Crippen LogP contribution in [0.1, 0.15) is 0 Å². The van der Waals surface area contributed by atoms with Gasteiger partial charge in [0.1, 0.15) is 95.2 Å². The van der Waals surface area contributed by atoms with Crippen LogP contribution in [0.3, 0.4) is 0 Å². The van der Waals surface area contributed by atoms with Gasteiger partial charge in [0.05, 0.1) is 16.7 Å². The van der Waals surface area contributed by atoms with Crippen LogP contribution >= 0.6 is 0 Å². The van der Waals surface area contributed by atoms with Gasteiger partial charge >= 0.3 is 0 Å². The Morgan fingerprint density at radius 3 is 1.57 bits per heavy atom. The van der Waals surface area contributed by atoms with Crippen LogP contribution in [-0.4, -0.2) is 98.0 Å². The first kappa shape index (κ1) is 37.6. The molecule has 11 aromatic rings. The molecule has 0 aliphatic heterocycles. The van der Waals surface area contributed by atoms with Crippen LogP contribution in [0, 0.1) is 0 Å². The maximum Gasteiger partial charge on any atom is 0.164 e. The van der Waals surface area contributed by atoms with Crippen molar-refractivity contribution in [3.63, 3.8) is 0 Å². The first-order chi connectivity index (χ1) is 29.4. The number of furan rings is 2. The molecule has 0 unspecified atom stereocenters. The van der Waals surface area contributed by atoms with Gasteiger partial charge in [0.25, 0.3) is 0 Å². The van der Waals surface area contributed by atoms with Gasteiger partial charge in [-0.3, -0.25) is 0 Å². The minimum absolute atomic E-state index is 0.622. The maximum absolute atomic E-state index is 6.80. The molecule has 0 saturated heterocycles. The molecule has 61 heavy (non-hydrogen) atoms. The topological polar surface area (TPSA) is 69.9 Å². The van der Waals surface area contributed by atoms with E-state index >= 15 is 0 Å². The quantitative estimate of drug-likeness (QED) is 0.167. The lowest BCUT2D eigenvalue weighted by molar-refractivity contribution is 0.668. The lowest BCUT2D eigenvalue weighted by Gasteiger charge is -2.22. The number of nitrogens with zero attached hydrogens (tertiary/aromatic N) is 4. The second kappa shape index (κ2) is 13.6. The lowest BCUT2D eigenvalue weighted by atomic mass is 9.60. The van der Waals surface area contributed by atoms with Crippen molar-refractivity contribution in [3.05, 3.63) is 97.1 Å². The SMILES string of the molecule is Bc1c(B)c(B)c(-c2nc(-c3c(B)c(B)c(B)c(B)c3B)nc(-c3cccc4oc5cc(-n6c7ccccc7c7ccc8c9ccccc9oc8c76)ccc5c34)n2)c(B)c1B. The van der Waals surface area contributed by atoms with Crippen LogP contribution in [0.25, 0.3) is 106 Å². The third-order valence-corrected chi connectivity index (χ3v) is 14.2. The summed E-state index contributed by atoms with van der Waals surface area (Å²) in [5.74, 6) is 1.99. The normalized spacial score (nSPS) is 11.9. The molecule has 0 bridgehead atoms. The van der Waals surface area contributed by atoms with E-state index < -0.39 is 0 Å². The van der Waals surface area contributed by atoms with Crippen LogP contribution in [0.2, 0.25) is 0 Å². The van der Waals surface area contributed by atoms with E-state index in [4.69, 9.17) is 23.8 Å². The van der Waals surface area contributed by atoms with Crippen LogP contribution in [-0.2, 0) is 0 Å². The average Bonchev–Trinajstić information content (AvgIpc) is 3.95. The highest BCUT2D eigenvalue weighted by atomic mass is 16.3. The molecule has 278 valence electrons. The molecule has 0 atom stereocenters. The largest absolute Gasteiger partial charge is 0.456 e. The van der Waals surface area contributed by atoms with Gasteiger partial charge in [-0.25, -0.2) is 15.0 Å². The number of hydrogen-bond donors (Lipinski definition) is 0. The van der Waals surface area contributed by atoms with Crippen molar-refractivity contribution in [1.82, 2.24) is 19.5 Å². The first-order valence-corrected chi connectivity index (χ1v) is 21.1. The fourth-order valence-corrected chi connectivity index (χ4v) is 10.0. The summed E-state index contributed by atoms with van der Waals surface area (Å²) in [6.07, 6.45) is 0. The zero-order valence-electron chi connectivity index (χ0n) is 36.3. The summed E-state index contributed by atoms with van der Waals surface area (Å²) < 4.78 is 15.8. The van der Waals surface area contributed by atoms with Crippen molar-refractivity contribution >= 4 is 199 Å². The average molecular weight is 773 g/mol. The van der Waals surface area contributed by atoms with E-state index in [0.29, 0.717) is 17.5 Å². The zero-order valence-corrected chi connectivity index (χ0v) is 36.3. The van der Waals surface area contributed by atoms with Gasteiger partial charge in [-0.05, 0) is 36.4 Å². The van der Waals surface area contributed by atoms with Crippen molar-refractivity contribution in [2.45, 2.75) is 0 Å². The molecule has 4 aromatic heterocycles. The predicted octanol–water partition coefficient (Wildman–Crippen LogP) is -5.65. The van der Waals surface area contributed by atoms with E-state index in [1.165, 1.54) is 60.0 Å². The van der Waals surface area contributed by atoms with E-state index in [2.05, 4.69) is 156 Å². The molecule has 0 aliphatic carbocycles. The third-order valence-electron chi connectivity index (χ3n) is 14.2. The van der Waals surface area contributed by atoms with E-state index in [1.807, 2.05) is 24.3 Å². The molecule has 0 N–H and O–H groups in total. The second-order valence-corrected chi connectivity index (χ2v) is 17.1. The minimum atomic E-state index is 0.622. The van der Waals surface area contributed by atoms with Gasteiger partial charge in [-0.15, -0.1) is 32.8 Å². The van der Waals surface area contributed by atoms with Crippen molar-refractivity contribution < 1.29 is 8.83 Å². The summed E-state index contributed by atoms with van der Waals surface area (Å²) in [6.45, 7) is 0. The van der Waals surface area contributed by atoms with Gasteiger partial charge in [0.2, 0.25) is 0 Å². The lowest BCUT2D eigenvalue weighted by Crippen LogP contribution is -2.55. The van der Waals surface area contributed by atoms with Crippen molar-refractivity contribution in [2.75, 3.05) is 0 Å². The first-order valence-electron chi connectivity index (χ1n) is 21.1. The molecule has 0 amide bonds. The number of fused-ring (bicyclic) bond motifs is 10. The van der Waals surface area contributed by atoms with Crippen molar-refractivity contribution in [3.8, 4) is 39.9 Å². The summed E-state index contributed by atoms with van der Waals surface area (Å²) in [4.78, 5) is 16.1. The third kappa shape index (κ3) is 5.33. The van der Waals surface area contributed by atoms with Crippen molar-refractivity contribution in [2.24, 2.45) is 0 Å². The highest BCUT2D eigenvalue weighted by molar-refractivity contribution is 6.70. The minimum Gasteiger partial charge on any atom is -0.456 e. The van der Waals surface area contributed by atoms with E-state index in [9.17, 15) is 0 Å². The highest BCUT2D eigenvalue weighted by Gasteiger charge is 2.24. The van der Waals surface area contributed by atoms with Crippen LogP contribution < -0.4 is 54.6 Å². The molecule has 0 radical (unpaired) electrons. The molecule has 0 saturated carbocycles. The molecule has 7 aromatic carbocycles. The zero-order chi connectivity index (χ0) is 42.2. The van der Waals surface area contributed by atoms with Gasteiger partial charge in [0.15, 0.2) is 23.1 Å². The molecule has 16 heteroatoms. The molecule has 11 rings (SSSR count). The molecule has 0 fully saturated rings. The highest BCUT2D eigenvalue weighted by Crippen LogP contribution is 2.42. The number of para-hydroxylation sites is 2. The molecule has 0 spiro atoms. The number of benzene rings is 7. The summed E-state index contributed by atoms with van der Waals surface area (Å²) >= 11 is 0. The second-order valence-electron chi connectivity index (χ2n) is 17.1. The predicted molar refractivity (Wildman–Crippen MR) is 287 cm³/mol. The van der Waals surface area contributed by atoms with Gasteiger partial charge in [0, 0.05) is 55.1 Å². The Labute approximate surface area is 362 Å². The summed E-state index contributed by atoms with van der Waals surface area (Å²) in [5, 5.41) is 6.49. The van der Waals surface area contributed by atoms with Gasteiger partial charge in [-0.2, -0.15) is 0 Å². The Morgan fingerprint density at radius 2 is 0.918 bits per heavy atom. The molecular formula is C45H36B10N4O2. The molecular weight excluding hydrogens is 737 g/mol. The number of hydrogen-bond acceptors (Lipinski definition) is 5. The molecule has 6 nitrogen and oxygen atoms in total. The van der Waals surface area contributed by atoms with Crippen LogP contribution in [0.4, 0.5) is 0 Å². The van der Waals surface area contributed by atoms with Gasteiger partial charge < -0.3 is 13.4 Å². The summed E-state index contributed by atoms with van der Waals surface area (Å²) in [6, 6.07) is 34.0. The Bertz CT molecular complexity index is 3600. The number of rotatable bonds is 4. The number of aromatic nitrogens is 4. The monoisotopic (exact) mass is 774 g/mol. The van der Waals surface area contributed by atoms with E-state index in [0.717, 1.165) is 82.7 Å². The van der Waals surface area contributed by atoms with Gasteiger partial charge in [-0.1, -0.05) is 76.4 Å². The Morgan fingerprint density at radius 1 is 0.393 bits per heavy atom. The van der Waals surface area contributed by atoms with E-state index in [-0.39, 0.29) is 0 Å². The molecule has 4 heterocycles. The van der Waals surface area contributed by atoms with Crippen LogP contribution in [0.15, 0.2) is 106 Å². The molecule has 0 aliphatic rings. The fraction of sp³-hybridized carbons (Fsp3) is 0. The Balaban J connectivity index is 1.17. The smallest absolute Gasteiger partial charge is 0.164 e. The standard InChI is InChI=1S/C45H36B10N4O2/c46-31-29(32(47)36(51)39(54)35(31)50)44-56-43(57-45(58-44)30-33(48)37(52)40(55)38(53)34(30)49)23-8-5-11-26-28(23)22-13-12-17(16-27(22)60-26)59-24-9-3-1-6-18(24)20-14-15-21-19-7-2-4-10-25(19)61-42(21)41(20)59/h1-16H,46-55H2. The summed E-state index contributed by atoms with van der Waals surface area (Å²) in [5.41, 5.74) is 21.9. The Hall–Kier alpha value is -6.40. The Kier molecular flexibility index (Phi) is 8.35. The van der Waals surface area contributed by atoms with Crippen molar-refractivity contribution in [1.29, 1.82) is 0 Å². The fourth-order valence-electron chi connectivity index (χ4n) is 10.0. The summed E-state index contributed by atoms with van der Waals surface area (Å²) in [7, 11) is 22.0. The van der Waals surface area contributed by atoms with E-state index in [1.54, 1.807) is 0 Å².